The Labute approximate surface area is 302 Å². The molecule has 2 N–H and O–H groups in total. The molecule has 9 nitrogen and oxygen atoms in total. The second kappa shape index (κ2) is 15.2. The number of alkyl carbamates (subject to hydrolysis) is 1. The maximum Gasteiger partial charge on any atom is 0.407 e. The van der Waals surface area contributed by atoms with Crippen molar-refractivity contribution in [1.82, 2.24) is 20.2 Å². The monoisotopic (exact) mass is 690 g/mol. The van der Waals surface area contributed by atoms with E-state index in [1.807, 2.05) is 102 Å². The second-order valence-corrected chi connectivity index (χ2v) is 12.6. The third kappa shape index (κ3) is 6.68. The number of imidazole rings is 1. The number of esters is 1. The van der Waals surface area contributed by atoms with Crippen LogP contribution in [0, 0.1) is 0 Å². The minimum absolute atomic E-state index is 0.0264. The van der Waals surface area contributed by atoms with Crippen molar-refractivity contribution in [3.63, 3.8) is 0 Å². The number of methoxy groups -OCH3 is 1. The Hall–Kier alpha value is -6.48. The highest BCUT2D eigenvalue weighted by Crippen LogP contribution is 2.44. The van der Waals surface area contributed by atoms with Crippen LogP contribution in [0.2, 0.25) is 0 Å². The smallest absolute Gasteiger partial charge is 0.407 e. The van der Waals surface area contributed by atoms with Crippen molar-refractivity contribution >= 4 is 18.0 Å². The molecule has 0 aliphatic heterocycles. The summed E-state index contributed by atoms with van der Waals surface area (Å²) >= 11 is 0. The standard InChI is InChI=1S/C43H38N4O5/c1-51-40(48)26-44-41(49)39(46-42(50)52-28-38-36-23-13-11-21-34(36)35-22-12-14-24-37(35)38)25-33-27-47(29-45-33)43(30-15-5-2-6-16-30,31-17-7-3-8-18-31)32-19-9-4-10-20-32/h2-24,27,29,38-39H,25-26,28H2,1H3,(H,44,49)(H,46,50)/t39-/m0/s1. The van der Waals surface area contributed by atoms with Crippen LogP contribution >= 0.6 is 0 Å². The summed E-state index contributed by atoms with van der Waals surface area (Å²) in [6.45, 7) is -0.273. The Balaban J connectivity index is 1.17. The second-order valence-electron chi connectivity index (χ2n) is 12.6. The van der Waals surface area contributed by atoms with Gasteiger partial charge in [-0.05, 0) is 38.9 Å². The Kier molecular flexibility index (Phi) is 9.93. The van der Waals surface area contributed by atoms with Crippen molar-refractivity contribution in [2.45, 2.75) is 23.9 Å². The summed E-state index contributed by atoms with van der Waals surface area (Å²) in [5.41, 5.74) is 7.16. The van der Waals surface area contributed by atoms with E-state index in [2.05, 4.69) is 59.2 Å². The van der Waals surface area contributed by atoms with Crippen molar-refractivity contribution in [2.24, 2.45) is 0 Å². The van der Waals surface area contributed by atoms with Crippen LogP contribution in [0.3, 0.4) is 0 Å². The lowest BCUT2D eigenvalue weighted by Gasteiger charge is -2.37. The topological polar surface area (TPSA) is 112 Å². The minimum atomic E-state index is -1.11. The third-order valence-corrected chi connectivity index (χ3v) is 9.60. The molecule has 0 fully saturated rings. The normalized spacial score (nSPS) is 12.6. The van der Waals surface area contributed by atoms with Gasteiger partial charge in [0.25, 0.3) is 0 Å². The molecule has 0 saturated heterocycles. The van der Waals surface area contributed by atoms with Gasteiger partial charge in [-0.2, -0.15) is 0 Å². The number of fused-ring (bicyclic) bond motifs is 3. The van der Waals surface area contributed by atoms with Crippen molar-refractivity contribution in [3.8, 4) is 11.1 Å². The molecular formula is C43H38N4O5. The van der Waals surface area contributed by atoms with Crippen molar-refractivity contribution in [1.29, 1.82) is 0 Å². The average molecular weight is 691 g/mol. The molecule has 52 heavy (non-hydrogen) atoms. The molecule has 1 heterocycles. The summed E-state index contributed by atoms with van der Waals surface area (Å²) in [6, 6.07) is 45.5. The molecule has 5 aromatic carbocycles. The van der Waals surface area contributed by atoms with Crippen LogP contribution in [-0.4, -0.2) is 53.8 Å². The molecule has 0 spiro atoms. The average Bonchev–Trinajstić information content (AvgIpc) is 3.80. The van der Waals surface area contributed by atoms with Crippen molar-refractivity contribution < 1.29 is 23.9 Å². The molecule has 9 heteroatoms. The van der Waals surface area contributed by atoms with Crippen LogP contribution < -0.4 is 10.6 Å². The highest BCUT2D eigenvalue weighted by Gasteiger charge is 2.39. The first kappa shape index (κ1) is 34.0. The van der Waals surface area contributed by atoms with E-state index in [4.69, 9.17) is 14.5 Å². The number of aromatic nitrogens is 2. The number of rotatable bonds is 12. The molecule has 2 amide bonds. The van der Waals surface area contributed by atoms with Crippen molar-refractivity contribution in [3.05, 3.63) is 186 Å². The van der Waals surface area contributed by atoms with Gasteiger partial charge in [0.2, 0.25) is 5.91 Å². The molecule has 1 atom stereocenters. The summed E-state index contributed by atoms with van der Waals surface area (Å²) in [5.74, 6) is -1.34. The maximum absolute atomic E-state index is 13.5. The summed E-state index contributed by atoms with van der Waals surface area (Å²) in [6.07, 6.45) is 2.91. The first-order valence-corrected chi connectivity index (χ1v) is 17.1. The van der Waals surface area contributed by atoms with Crippen LogP contribution in [0.1, 0.15) is 39.4 Å². The number of carbonyl (C=O) groups is 3. The Morgan fingerprint density at radius 3 is 1.75 bits per heavy atom. The van der Waals surface area contributed by atoms with Gasteiger partial charge in [0.05, 0.1) is 19.1 Å². The van der Waals surface area contributed by atoms with Gasteiger partial charge in [-0.1, -0.05) is 140 Å². The molecule has 1 aliphatic carbocycles. The van der Waals surface area contributed by atoms with Gasteiger partial charge in [0, 0.05) is 18.5 Å². The summed E-state index contributed by atoms with van der Waals surface area (Å²) in [7, 11) is 1.24. The lowest BCUT2D eigenvalue weighted by molar-refractivity contribution is -0.141. The molecule has 1 aromatic heterocycles. The molecule has 6 aromatic rings. The minimum Gasteiger partial charge on any atom is -0.468 e. The van der Waals surface area contributed by atoms with E-state index < -0.39 is 29.6 Å². The molecule has 0 bridgehead atoms. The number of hydrogen-bond acceptors (Lipinski definition) is 6. The summed E-state index contributed by atoms with van der Waals surface area (Å²) < 4.78 is 12.5. The number of hydrogen-bond donors (Lipinski definition) is 2. The summed E-state index contributed by atoms with van der Waals surface area (Å²) in [5, 5.41) is 5.33. The molecule has 0 radical (unpaired) electrons. The number of carbonyl (C=O) groups excluding carboxylic acids is 3. The highest BCUT2D eigenvalue weighted by molar-refractivity contribution is 5.88. The molecule has 0 unspecified atom stereocenters. The SMILES string of the molecule is COC(=O)CNC(=O)[C@H](Cc1cn(C(c2ccccc2)(c2ccccc2)c2ccccc2)cn1)NC(=O)OCC1c2ccccc2-c2ccccc21. The molecule has 1 aliphatic rings. The fraction of sp³-hybridized carbons (Fsp3) is 0.163. The number of amides is 2. The first-order chi connectivity index (χ1) is 25.5. The lowest BCUT2D eigenvalue weighted by Crippen LogP contribution is -2.49. The lowest BCUT2D eigenvalue weighted by atomic mass is 9.77. The van der Waals surface area contributed by atoms with Gasteiger partial charge in [-0.15, -0.1) is 0 Å². The number of nitrogens with zero attached hydrogens (tertiary/aromatic N) is 2. The van der Waals surface area contributed by atoms with Gasteiger partial charge in [0.15, 0.2) is 0 Å². The van der Waals surface area contributed by atoms with E-state index >= 15 is 0 Å². The van der Waals surface area contributed by atoms with E-state index in [0.717, 1.165) is 38.9 Å². The van der Waals surface area contributed by atoms with Gasteiger partial charge < -0.3 is 24.7 Å². The van der Waals surface area contributed by atoms with Gasteiger partial charge in [0.1, 0.15) is 24.7 Å². The first-order valence-electron chi connectivity index (χ1n) is 17.1. The van der Waals surface area contributed by atoms with Crippen LogP contribution in [-0.2, 0) is 31.0 Å². The third-order valence-electron chi connectivity index (χ3n) is 9.60. The Bertz CT molecular complexity index is 2030. The van der Waals surface area contributed by atoms with Gasteiger partial charge >= 0.3 is 12.1 Å². The van der Waals surface area contributed by atoms with Gasteiger partial charge in [-0.25, -0.2) is 9.78 Å². The molecular weight excluding hydrogens is 652 g/mol. The van der Waals surface area contributed by atoms with Crippen molar-refractivity contribution in [2.75, 3.05) is 20.3 Å². The van der Waals surface area contributed by atoms with E-state index in [0.29, 0.717) is 5.69 Å². The van der Waals surface area contributed by atoms with Crippen LogP contribution in [0.4, 0.5) is 4.79 Å². The summed E-state index contributed by atoms with van der Waals surface area (Å²) in [4.78, 5) is 43.6. The maximum atomic E-state index is 13.5. The van der Waals surface area contributed by atoms with E-state index in [1.54, 1.807) is 6.33 Å². The van der Waals surface area contributed by atoms with E-state index in [1.165, 1.54) is 7.11 Å². The largest absolute Gasteiger partial charge is 0.468 e. The van der Waals surface area contributed by atoms with Crippen LogP contribution in [0.25, 0.3) is 11.1 Å². The van der Waals surface area contributed by atoms with E-state index in [-0.39, 0.29) is 25.5 Å². The zero-order chi connectivity index (χ0) is 35.9. The quantitative estimate of drug-likeness (QED) is 0.113. The predicted octanol–water partition coefficient (Wildman–Crippen LogP) is 6.46. The molecule has 260 valence electrons. The zero-order valence-corrected chi connectivity index (χ0v) is 28.6. The fourth-order valence-electron chi connectivity index (χ4n) is 7.19. The van der Waals surface area contributed by atoms with Gasteiger partial charge in [-0.3, -0.25) is 9.59 Å². The Morgan fingerprint density at radius 1 is 0.731 bits per heavy atom. The zero-order valence-electron chi connectivity index (χ0n) is 28.6. The number of benzene rings is 5. The van der Waals surface area contributed by atoms with Crippen LogP contribution in [0.5, 0.6) is 0 Å². The Morgan fingerprint density at radius 2 is 1.23 bits per heavy atom. The molecule has 0 saturated carbocycles. The predicted molar refractivity (Wildman–Crippen MR) is 198 cm³/mol. The fourth-order valence-corrected chi connectivity index (χ4v) is 7.19. The van der Waals surface area contributed by atoms with E-state index in [9.17, 15) is 14.4 Å². The number of nitrogens with one attached hydrogen (secondary N) is 2. The molecule has 7 rings (SSSR count). The highest BCUT2D eigenvalue weighted by atomic mass is 16.5. The van der Waals surface area contributed by atoms with Crippen LogP contribution in [0.15, 0.2) is 152 Å². The number of ether oxygens (including phenoxy) is 2.